The fourth-order valence-electron chi connectivity index (χ4n) is 2.65. The van der Waals surface area contributed by atoms with E-state index in [1.165, 1.54) is 24.3 Å². The number of anilines is 2. The second kappa shape index (κ2) is 9.19. The van der Waals surface area contributed by atoms with Gasteiger partial charge in [-0.05, 0) is 68.4 Å². The van der Waals surface area contributed by atoms with E-state index in [-0.39, 0.29) is 27.6 Å². The number of carbonyl (C=O) groups is 1. The van der Waals surface area contributed by atoms with Gasteiger partial charge in [0.25, 0.3) is 15.9 Å². The van der Waals surface area contributed by atoms with E-state index in [4.69, 9.17) is 16.3 Å². The smallest absolute Gasteiger partial charge is 0.261 e. The Bertz CT molecular complexity index is 1130. The van der Waals surface area contributed by atoms with Gasteiger partial charge in [0.15, 0.2) is 0 Å². The molecule has 0 unspecified atom stereocenters. The summed E-state index contributed by atoms with van der Waals surface area (Å²) >= 11 is 6.24. The van der Waals surface area contributed by atoms with E-state index in [9.17, 15) is 13.2 Å². The van der Waals surface area contributed by atoms with Gasteiger partial charge < -0.3 is 10.1 Å². The predicted molar refractivity (Wildman–Crippen MR) is 119 cm³/mol. The summed E-state index contributed by atoms with van der Waals surface area (Å²) < 4.78 is 33.3. The maximum absolute atomic E-state index is 12.6. The average Bonchev–Trinajstić information content (AvgIpc) is 2.70. The van der Waals surface area contributed by atoms with Crippen molar-refractivity contribution >= 4 is 38.9 Å². The van der Waals surface area contributed by atoms with Crippen molar-refractivity contribution in [2.24, 2.45) is 0 Å². The van der Waals surface area contributed by atoms with Crippen LogP contribution < -0.4 is 14.8 Å². The first-order valence-corrected chi connectivity index (χ1v) is 11.1. The second-order valence-electron chi connectivity index (χ2n) is 6.76. The number of hydrogen-bond acceptors (Lipinski definition) is 4. The SMILES string of the molecule is CC(C)Oc1ccc(S(=O)(=O)Nc2ccc(NC(=O)c3ccccc3)c(Cl)c2)cc1. The number of hydrogen-bond donors (Lipinski definition) is 2. The molecule has 3 aromatic carbocycles. The predicted octanol–water partition coefficient (Wildman–Crippen LogP) is 5.18. The molecule has 8 heteroatoms. The van der Waals surface area contributed by atoms with E-state index in [2.05, 4.69) is 10.0 Å². The minimum absolute atomic E-state index is 0.00591. The first-order valence-electron chi connectivity index (χ1n) is 9.20. The molecule has 0 aliphatic heterocycles. The Labute approximate surface area is 180 Å². The van der Waals surface area contributed by atoms with Gasteiger partial charge in [-0.15, -0.1) is 0 Å². The van der Waals surface area contributed by atoms with Crippen LogP contribution in [0.5, 0.6) is 5.75 Å². The molecule has 0 spiro atoms. The Morgan fingerprint density at radius 2 is 1.63 bits per heavy atom. The first-order chi connectivity index (χ1) is 14.2. The van der Waals surface area contributed by atoms with Crippen LogP contribution in [0.1, 0.15) is 24.2 Å². The second-order valence-corrected chi connectivity index (χ2v) is 8.85. The highest BCUT2D eigenvalue weighted by atomic mass is 35.5. The van der Waals surface area contributed by atoms with Crippen LogP contribution in [0.3, 0.4) is 0 Å². The standard InChI is InChI=1S/C22H21ClN2O4S/c1-15(2)29-18-9-11-19(12-10-18)30(27,28)25-17-8-13-21(20(23)14-17)24-22(26)16-6-4-3-5-7-16/h3-15,25H,1-2H3,(H,24,26). The monoisotopic (exact) mass is 444 g/mol. The van der Waals surface area contributed by atoms with E-state index < -0.39 is 10.0 Å². The molecule has 1 amide bonds. The molecule has 2 N–H and O–H groups in total. The van der Waals surface area contributed by atoms with Crippen molar-refractivity contribution in [3.8, 4) is 5.75 Å². The number of nitrogens with one attached hydrogen (secondary N) is 2. The highest BCUT2D eigenvalue weighted by Crippen LogP contribution is 2.28. The molecule has 0 aliphatic carbocycles. The van der Waals surface area contributed by atoms with Crippen LogP contribution in [-0.2, 0) is 10.0 Å². The molecule has 0 bridgehead atoms. The zero-order valence-corrected chi connectivity index (χ0v) is 18.0. The van der Waals surface area contributed by atoms with Crippen molar-refractivity contribution in [1.29, 1.82) is 0 Å². The minimum atomic E-state index is -3.81. The number of amides is 1. The van der Waals surface area contributed by atoms with Crippen molar-refractivity contribution in [1.82, 2.24) is 0 Å². The summed E-state index contributed by atoms with van der Waals surface area (Å²) in [6.45, 7) is 3.78. The molecule has 0 aliphatic rings. The maximum atomic E-state index is 12.6. The number of rotatable bonds is 7. The van der Waals surface area contributed by atoms with Gasteiger partial charge in [0, 0.05) is 5.56 Å². The van der Waals surface area contributed by atoms with Gasteiger partial charge >= 0.3 is 0 Å². The molecule has 0 aromatic heterocycles. The molecule has 0 saturated carbocycles. The number of carbonyl (C=O) groups excluding carboxylic acids is 1. The highest BCUT2D eigenvalue weighted by molar-refractivity contribution is 7.92. The first kappa shape index (κ1) is 21.7. The van der Waals surface area contributed by atoms with Gasteiger partial charge in [-0.2, -0.15) is 0 Å². The topological polar surface area (TPSA) is 84.5 Å². The molecule has 0 fully saturated rings. The van der Waals surface area contributed by atoms with Gasteiger partial charge in [-0.1, -0.05) is 29.8 Å². The van der Waals surface area contributed by atoms with E-state index in [0.29, 0.717) is 17.0 Å². The molecule has 0 radical (unpaired) electrons. The van der Waals surface area contributed by atoms with Gasteiger partial charge in [-0.25, -0.2) is 8.42 Å². The van der Waals surface area contributed by atoms with E-state index >= 15 is 0 Å². The summed E-state index contributed by atoms with van der Waals surface area (Å²) in [6, 6.07) is 19.4. The highest BCUT2D eigenvalue weighted by Gasteiger charge is 2.16. The van der Waals surface area contributed by atoms with Crippen LogP contribution in [0.15, 0.2) is 77.7 Å². The van der Waals surface area contributed by atoms with Gasteiger partial charge in [0.05, 0.1) is 27.4 Å². The van der Waals surface area contributed by atoms with Crippen molar-refractivity contribution in [3.05, 3.63) is 83.4 Å². The van der Waals surface area contributed by atoms with Gasteiger partial charge in [-0.3, -0.25) is 9.52 Å². The molecule has 30 heavy (non-hydrogen) atoms. The number of sulfonamides is 1. The lowest BCUT2D eigenvalue weighted by Crippen LogP contribution is -2.14. The van der Waals surface area contributed by atoms with Gasteiger partial charge in [0.1, 0.15) is 5.75 Å². The summed E-state index contributed by atoms with van der Waals surface area (Å²) in [7, 11) is -3.81. The lowest BCUT2D eigenvalue weighted by atomic mass is 10.2. The van der Waals surface area contributed by atoms with Gasteiger partial charge in [0.2, 0.25) is 0 Å². The van der Waals surface area contributed by atoms with Crippen LogP contribution in [0, 0.1) is 0 Å². The quantitative estimate of drug-likeness (QED) is 0.525. The molecule has 6 nitrogen and oxygen atoms in total. The summed E-state index contributed by atoms with van der Waals surface area (Å²) in [4.78, 5) is 12.4. The Morgan fingerprint density at radius 1 is 0.967 bits per heavy atom. The number of halogens is 1. The lowest BCUT2D eigenvalue weighted by Gasteiger charge is -2.13. The summed E-state index contributed by atoms with van der Waals surface area (Å²) in [5.41, 5.74) is 1.15. The zero-order valence-electron chi connectivity index (χ0n) is 16.4. The number of benzene rings is 3. The molecular formula is C22H21ClN2O4S. The number of ether oxygens (including phenoxy) is 1. The van der Waals surface area contributed by atoms with Crippen LogP contribution >= 0.6 is 11.6 Å². The minimum Gasteiger partial charge on any atom is -0.491 e. The van der Waals surface area contributed by atoms with Crippen LogP contribution in [0.4, 0.5) is 11.4 Å². The molecule has 3 aromatic rings. The maximum Gasteiger partial charge on any atom is 0.261 e. The largest absolute Gasteiger partial charge is 0.491 e. The summed E-state index contributed by atoms with van der Waals surface area (Å²) in [5.74, 6) is 0.278. The summed E-state index contributed by atoms with van der Waals surface area (Å²) in [6.07, 6.45) is -0.00591. The zero-order chi connectivity index (χ0) is 21.7. The Hall–Kier alpha value is -3.03. The van der Waals surface area contributed by atoms with Crippen molar-refractivity contribution < 1.29 is 17.9 Å². The van der Waals surface area contributed by atoms with Crippen LogP contribution in [0.2, 0.25) is 5.02 Å². The third-order valence-electron chi connectivity index (χ3n) is 4.01. The fraction of sp³-hybridized carbons (Fsp3) is 0.136. The van der Waals surface area contributed by atoms with Crippen LogP contribution in [0.25, 0.3) is 0 Å². The summed E-state index contributed by atoms with van der Waals surface area (Å²) in [5, 5.41) is 2.92. The third-order valence-corrected chi connectivity index (χ3v) is 5.72. The Balaban J connectivity index is 1.72. The Kier molecular flexibility index (Phi) is 6.64. The normalized spacial score (nSPS) is 11.2. The van der Waals surface area contributed by atoms with E-state index in [1.54, 1.807) is 42.5 Å². The van der Waals surface area contributed by atoms with Crippen molar-refractivity contribution in [2.45, 2.75) is 24.8 Å². The molecule has 156 valence electrons. The molecule has 3 rings (SSSR count). The third kappa shape index (κ3) is 5.52. The molecule has 0 heterocycles. The molecule has 0 atom stereocenters. The van der Waals surface area contributed by atoms with Crippen molar-refractivity contribution in [2.75, 3.05) is 10.0 Å². The molecular weight excluding hydrogens is 424 g/mol. The lowest BCUT2D eigenvalue weighted by molar-refractivity contribution is 0.102. The van der Waals surface area contributed by atoms with Crippen molar-refractivity contribution in [3.63, 3.8) is 0 Å². The van der Waals surface area contributed by atoms with Crippen LogP contribution in [-0.4, -0.2) is 20.4 Å². The van der Waals surface area contributed by atoms with E-state index in [0.717, 1.165) is 0 Å². The average molecular weight is 445 g/mol. The fourth-order valence-corrected chi connectivity index (χ4v) is 3.92. The van der Waals surface area contributed by atoms with E-state index in [1.807, 2.05) is 19.9 Å². The molecule has 0 saturated heterocycles. The Morgan fingerprint density at radius 3 is 2.23 bits per heavy atom.